The summed E-state index contributed by atoms with van der Waals surface area (Å²) in [5, 5.41) is 0.984. The van der Waals surface area contributed by atoms with Crippen LogP contribution in [0.2, 0.25) is 5.02 Å². The van der Waals surface area contributed by atoms with E-state index in [9.17, 15) is 9.59 Å². The third kappa shape index (κ3) is 4.07. The van der Waals surface area contributed by atoms with Crippen molar-refractivity contribution >= 4 is 74.0 Å². The fraction of sp³-hybridized carbons (Fsp3) is 0. The minimum Gasteiger partial charge on any atom is -0.449 e. The van der Waals surface area contributed by atoms with Crippen LogP contribution in [0.25, 0.3) is 6.08 Å². The number of furan rings is 1. The molecule has 0 bridgehead atoms. The van der Waals surface area contributed by atoms with E-state index in [1.807, 2.05) is 18.2 Å². The van der Waals surface area contributed by atoms with E-state index in [0.717, 1.165) is 26.0 Å². The van der Waals surface area contributed by atoms with Crippen molar-refractivity contribution in [3.05, 3.63) is 80.8 Å². The molecule has 0 saturated carbocycles. The number of hydrogen-bond acceptors (Lipinski definition) is 5. The van der Waals surface area contributed by atoms with Gasteiger partial charge in [-0.1, -0.05) is 41.6 Å². The third-order valence-electron chi connectivity index (χ3n) is 3.78. The summed E-state index contributed by atoms with van der Waals surface area (Å²) in [5.41, 5.74) is 0.549. The SMILES string of the molecule is O=C1S/C(=C/c2cc(Br)c(Sc3ccc(Cl)cc3)o2)C(=O)N1c1ccccc1. The van der Waals surface area contributed by atoms with Gasteiger partial charge in [0.15, 0.2) is 5.09 Å². The first-order valence-corrected chi connectivity index (χ1v) is 10.9. The van der Waals surface area contributed by atoms with Crippen LogP contribution in [-0.2, 0) is 4.79 Å². The lowest BCUT2D eigenvalue weighted by atomic mass is 10.3. The van der Waals surface area contributed by atoms with Crippen molar-refractivity contribution in [1.82, 2.24) is 0 Å². The van der Waals surface area contributed by atoms with Gasteiger partial charge in [-0.05, 0) is 70.2 Å². The second-order valence-corrected chi connectivity index (χ2v) is 9.02. The highest BCUT2D eigenvalue weighted by Gasteiger charge is 2.36. The van der Waals surface area contributed by atoms with E-state index in [2.05, 4.69) is 15.9 Å². The summed E-state index contributed by atoms with van der Waals surface area (Å²) in [5.74, 6) is 0.127. The minimum absolute atomic E-state index is 0.318. The molecule has 3 aromatic rings. The summed E-state index contributed by atoms with van der Waals surface area (Å²) in [4.78, 5) is 27.4. The Hall–Kier alpha value is -1.93. The van der Waals surface area contributed by atoms with Crippen molar-refractivity contribution in [3.63, 3.8) is 0 Å². The van der Waals surface area contributed by atoms with E-state index < -0.39 is 0 Å². The van der Waals surface area contributed by atoms with Crippen molar-refractivity contribution in [2.45, 2.75) is 9.99 Å². The highest BCUT2D eigenvalue weighted by molar-refractivity contribution is 9.10. The van der Waals surface area contributed by atoms with Crippen molar-refractivity contribution in [1.29, 1.82) is 0 Å². The van der Waals surface area contributed by atoms with Crippen molar-refractivity contribution in [2.24, 2.45) is 0 Å². The van der Waals surface area contributed by atoms with Crippen molar-refractivity contribution in [2.75, 3.05) is 4.90 Å². The largest absolute Gasteiger partial charge is 0.449 e. The number of carbonyl (C=O) groups excluding carboxylic acids is 2. The Labute approximate surface area is 183 Å². The molecule has 8 heteroatoms. The van der Waals surface area contributed by atoms with E-state index in [-0.39, 0.29) is 11.1 Å². The molecule has 140 valence electrons. The van der Waals surface area contributed by atoms with E-state index >= 15 is 0 Å². The molecule has 4 nitrogen and oxygen atoms in total. The highest BCUT2D eigenvalue weighted by Crippen LogP contribution is 2.39. The number of para-hydroxylation sites is 1. The molecule has 2 aromatic carbocycles. The molecule has 2 amide bonds. The predicted octanol–water partition coefficient (Wildman–Crippen LogP) is 7.09. The molecule has 1 saturated heterocycles. The molecule has 1 aromatic heterocycles. The molecule has 0 spiro atoms. The molecular formula is C20H11BrClNO3S2. The molecule has 0 unspecified atom stereocenters. The summed E-state index contributed by atoms with van der Waals surface area (Å²) in [6, 6.07) is 18.0. The van der Waals surface area contributed by atoms with Crippen LogP contribution in [0.1, 0.15) is 5.76 Å². The number of imide groups is 1. The zero-order chi connectivity index (χ0) is 19.7. The fourth-order valence-corrected chi connectivity index (χ4v) is 4.79. The summed E-state index contributed by atoms with van der Waals surface area (Å²) < 4.78 is 6.61. The van der Waals surface area contributed by atoms with Crippen LogP contribution in [-0.4, -0.2) is 11.1 Å². The average Bonchev–Trinajstić information content (AvgIpc) is 3.16. The summed E-state index contributed by atoms with van der Waals surface area (Å²) in [7, 11) is 0. The lowest BCUT2D eigenvalue weighted by Crippen LogP contribution is -2.27. The van der Waals surface area contributed by atoms with Crippen LogP contribution < -0.4 is 4.90 Å². The molecule has 0 N–H and O–H groups in total. The minimum atomic E-state index is -0.361. The van der Waals surface area contributed by atoms with Crippen LogP contribution in [0.15, 0.2) is 84.4 Å². The van der Waals surface area contributed by atoms with Gasteiger partial charge in [-0.3, -0.25) is 9.59 Å². The molecule has 0 atom stereocenters. The summed E-state index contributed by atoms with van der Waals surface area (Å²) >= 11 is 11.7. The molecule has 4 rings (SSSR count). The Bertz CT molecular complexity index is 1080. The summed E-state index contributed by atoms with van der Waals surface area (Å²) in [6.45, 7) is 0. The number of benzene rings is 2. The lowest BCUT2D eigenvalue weighted by Gasteiger charge is -2.11. The van der Waals surface area contributed by atoms with Gasteiger partial charge in [0.2, 0.25) is 0 Å². The van der Waals surface area contributed by atoms with E-state index in [4.69, 9.17) is 16.0 Å². The van der Waals surface area contributed by atoms with Crippen LogP contribution in [0, 0.1) is 0 Å². The number of halogens is 2. The Balaban J connectivity index is 1.57. The monoisotopic (exact) mass is 491 g/mol. The lowest BCUT2D eigenvalue weighted by molar-refractivity contribution is -0.113. The Morgan fingerprint density at radius 1 is 1.07 bits per heavy atom. The standard InChI is InChI=1S/C20H11BrClNO3S2/c21-16-10-14(26-19(16)27-15-8-6-12(22)7-9-15)11-17-18(24)23(20(25)28-17)13-4-2-1-3-5-13/h1-11H/b17-11+. The van der Waals surface area contributed by atoms with Crippen LogP contribution in [0.5, 0.6) is 0 Å². The van der Waals surface area contributed by atoms with E-state index in [0.29, 0.717) is 26.5 Å². The number of amides is 2. The van der Waals surface area contributed by atoms with Gasteiger partial charge in [-0.15, -0.1) is 0 Å². The smallest absolute Gasteiger partial charge is 0.298 e. The fourth-order valence-electron chi connectivity index (χ4n) is 2.52. The quantitative estimate of drug-likeness (QED) is 0.364. The second kappa shape index (κ2) is 8.21. The molecule has 1 aliphatic rings. The number of nitrogens with zero attached hydrogens (tertiary/aromatic N) is 1. The Kier molecular flexibility index (Phi) is 5.68. The van der Waals surface area contributed by atoms with Gasteiger partial charge < -0.3 is 4.42 Å². The predicted molar refractivity (Wildman–Crippen MR) is 117 cm³/mol. The average molecular weight is 493 g/mol. The van der Waals surface area contributed by atoms with Gasteiger partial charge in [0.05, 0.1) is 15.1 Å². The maximum absolute atomic E-state index is 12.7. The maximum Gasteiger partial charge on any atom is 0.298 e. The molecule has 2 heterocycles. The number of carbonyl (C=O) groups is 2. The first-order valence-electron chi connectivity index (χ1n) is 8.07. The molecule has 0 aliphatic carbocycles. The number of hydrogen-bond donors (Lipinski definition) is 0. The Morgan fingerprint density at radius 2 is 1.79 bits per heavy atom. The Morgan fingerprint density at radius 3 is 2.50 bits per heavy atom. The topological polar surface area (TPSA) is 50.5 Å². The molecule has 28 heavy (non-hydrogen) atoms. The first-order chi connectivity index (χ1) is 13.5. The first kappa shape index (κ1) is 19.4. The zero-order valence-electron chi connectivity index (χ0n) is 14.1. The van der Waals surface area contributed by atoms with Gasteiger partial charge in [0.25, 0.3) is 11.1 Å². The summed E-state index contributed by atoms with van der Waals surface area (Å²) in [6.07, 6.45) is 1.59. The molecule has 0 radical (unpaired) electrons. The molecular weight excluding hydrogens is 482 g/mol. The van der Waals surface area contributed by atoms with Gasteiger partial charge in [0.1, 0.15) is 5.76 Å². The third-order valence-corrected chi connectivity index (χ3v) is 6.75. The highest BCUT2D eigenvalue weighted by atomic mass is 79.9. The van der Waals surface area contributed by atoms with Crippen LogP contribution in [0.3, 0.4) is 0 Å². The number of rotatable bonds is 4. The van der Waals surface area contributed by atoms with Crippen LogP contribution in [0.4, 0.5) is 10.5 Å². The molecule has 1 aliphatic heterocycles. The van der Waals surface area contributed by atoms with Gasteiger partial charge >= 0.3 is 0 Å². The second-order valence-electron chi connectivity index (χ2n) is 5.69. The van der Waals surface area contributed by atoms with E-state index in [1.165, 1.54) is 11.8 Å². The van der Waals surface area contributed by atoms with Crippen molar-refractivity contribution < 1.29 is 14.0 Å². The normalized spacial score (nSPS) is 15.6. The van der Waals surface area contributed by atoms with Gasteiger partial charge in [-0.2, -0.15) is 0 Å². The van der Waals surface area contributed by atoms with Crippen molar-refractivity contribution in [3.8, 4) is 0 Å². The van der Waals surface area contributed by atoms with Crippen LogP contribution >= 0.6 is 51.1 Å². The maximum atomic E-state index is 12.7. The number of thioether (sulfide) groups is 1. The molecule has 1 fully saturated rings. The van der Waals surface area contributed by atoms with E-state index in [1.54, 1.807) is 48.5 Å². The van der Waals surface area contributed by atoms with Gasteiger partial charge in [-0.25, -0.2) is 4.90 Å². The number of anilines is 1. The van der Waals surface area contributed by atoms with Gasteiger partial charge in [0, 0.05) is 16.0 Å². The zero-order valence-corrected chi connectivity index (χ0v) is 18.1.